The third-order valence-corrected chi connectivity index (χ3v) is 11.3. The molecule has 4 aromatic heterocycles. The lowest BCUT2D eigenvalue weighted by Gasteiger charge is -2.00. The monoisotopic (exact) mass is 760 g/mol. The zero-order valence-electron chi connectivity index (χ0n) is 33.3. The van der Waals surface area contributed by atoms with Crippen LogP contribution in [0.1, 0.15) is 82.4 Å². The molecule has 57 heavy (non-hydrogen) atoms. The lowest BCUT2D eigenvalue weighted by molar-refractivity contribution is -0.720. The molecular formula is C49H52N4O4+4. The van der Waals surface area contributed by atoms with Gasteiger partial charge in [0.25, 0.3) is 47.0 Å². The van der Waals surface area contributed by atoms with Crippen molar-refractivity contribution in [3.05, 3.63) is 144 Å². The molecule has 0 fully saturated rings. The van der Waals surface area contributed by atoms with Crippen LogP contribution in [0, 0.1) is 27.7 Å². The van der Waals surface area contributed by atoms with Gasteiger partial charge in [-0.25, -0.2) is 0 Å². The number of benzene rings is 4. The van der Waals surface area contributed by atoms with Crippen LogP contribution in [0.4, 0.5) is 0 Å². The van der Waals surface area contributed by atoms with Gasteiger partial charge in [-0.1, -0.05) is 31.7 Å². The molecule has 8 nitrogen and oxygen atoms in total. The van der Waals surface area contributed by atoms with Crippen molar-refractivity contribution < 1.29 is 37.2 Å². The minimum atomic E-state index is 0. The molecule has 0 N–H and O–H groups in total. The molecule has 8 aromatic rings. The van der Waals surface area contributed by atoms with E-state index in [2.05, 4.69) is 171 Å². The second-order valence-corrected chi connectivity index (χ2v) is 15.1. The quantitative estimate of drug-likeness (QED) is 0.145. The summed E-state index contributed by atoms with van der Waals surface area (Å²) in [4.78, 5) is 0. The van der Waals surface area contributed by atoms with E-state index in [4.69, 9.17) is 18.9 Å². The molecule has 0 aliphatic carbocycles. The molecule has 4 unspecified atom stereocenters. The van der Waals surface area contributed by atoms with Gasteiger partial charge in [0, 0.05) is 58.9 Å². The zero-order chi connectivity index (χ0) is 38.8. The first-order valence-corrected chi connectivity index (χ1v) is 19.5. The van der Waals surface area contributed by atoms with Gasteiger partial charge in [0.15, 0.2) is 41.5 Å². The number of nitrogens with zero attached hydrogens (tertiary/aromatic N) is 4. The first-order chi connectivity index (χ1) is 27.1. The SMILES string of the molecule is C.Cc1cc[n+]2c3c(cccc13)OC2C.Cc1ccc2c3c1ccc[n+]3C(C)O2.Cc1ccc2ccc[n+]3c2c1OC3C.Cc1ccc2cccc3c2[n+]1C(C)O3. The minimum absolute atomic E-state index is 0. The van der Waals surface area contributed by atoms with E-state index in [0.717, 1.165) is 23.0 Å². The van der Waals surface area contributed by atoms with Crippen molar-refractivity contribution in [2.45, 2.75) is 87.7 Å². The van der Waals surface area contributed by atoms with Gasteiger partial charge in [-0.05, 0) is 92.1 Å². The van der Waals surface area contributed by atoms with Gasteiger partial charge in [0.05, 0.1) is 21.5 Å². The van der Waals surface area contributed by atoms with Crippen LogP contribution in [0.3, 0.4) is 0 Å². The van der Waals surface area contributed by atoms with Crippen LogP contribution in [0.25, 0.3) is 43.6 Å². The Hall–Kier alpha value is -6.28. The van der Waals surface area contributed by atoms with Crippen molar-refractivity contribution in [1.82, 2.24) is 0 Å². The molecule has 0 bridgehead atoms. The molecule has 8 heterocycles. The van der Waals surface area contributed by atoms with Crippen LogP contribution < -0.4 is 37.2 Å². The normalized spacial score (nSPS) is 18.2. The number of aryl methyl sites for hydroxylation is 4. The third kappa shape index (κ3) is 6.33. The summed E-state index contributed by atoms with van der Waals surface area (Å²) in [5, 5.41) is 5.07. The van der Waals surface area contributed by atoms with Gasteiger partial charge in [-0.2, -0.15) is 18.3 Å². The summed E-state index contributed by atoms with van der Waals surface area (Å²) in [7, 11) is 0. The van der Waals surface area contributed by atoms with E-state index in [1.807, 2.05) is 24.3 Å². The summed E-state index contributed by atoms with van der Waals surface area (Å²) in [5.41, 5.74) is 9.95. The third-order valence-electron chi connectivity index (χ3n) is 11.3. The van der Waals surface area contributed by atoms with Crippen LogP contribution in [0.15, 0.2) is 122 Å². The Bertz CT molecular complexity index is 2780. The van der Waals surface area contributed by atoms with E-state index in [1.165, 1.54) is 66.0 Å². The summed E-state index contributed by atoms with van der Waals surface area (Å²) in [6.45, 7) is 16.7. The number of hydrogen-bond donors (Lipinski definition) is 0. The van der Waals surface area contributed by atoms with Crippen molar-refractivity contribution in [3.63, 3.8) is 0 Å². The van der Waals surface area contributed by atoms with Crippen molar-refractivity contribution in [2.24, 2.45) is 0 Å². The highest BCUT2D eigenvalue weighted by molar-refractivity contribution is 5.86. The largest absolute Gasteiger partial charge is 0.427 e. The van der Waals surface area contributed by atoms with Gasteiger partial charge in [0.2, 0.25) is 5.75 Å². The number of aromatic nitrogens is 4. The molecule has 8 heteroatoms. The number of hydrogen-bond acceptors (Lipinski definition) is 4. The second-order valence-electron chi connectivity index (χ2n) is 15.1. The molecule has 0 saturated carbocycles. The molecule has 0 saturated heterocycles. The Morgan fingerprint density at radius 1 is 0.404 bits per heavy atom. The fourth-order valence-corrected chi connectivity index (χ4v) is 8.49. The smallest absolute Gasteiger partial charge is 0.299 e. The van der Waals surface area contributed by atoms with Gasteiger partial charge in [0.1, 0.15) is 0 Å². The predicted octanol–water partition coefficient (Wildman–Crippen LogP) is 10.0. The Morgan fingerprint density at radius 3 is 1.63 bits per heavy atom. The Morgan fingerprint density at radius 2 is 0.895 bits per heavy atom. The topological polar surface area (TPSA) is 52.4 Å². The molecule has 4 aromatic carbocycles. The molecule has 4 atom stereocenters. The van der Waals surface area contributed by atoms with E-state index < -0.39 is 0 Å². The number of para-hydroxylation sites is 2. The average molecular weight is 761 g/mol. The standard InChI is InChI=1S/4C12H12NO.CH4/c1-8-5-6-11-12-10(8)4-3-7-13(12)9(2)14-11;1-8-5-6-10-4-3-7-13-9(2)14-12(8)11(10)13;1-8-6-7-13-9(2)14-11-5-3-4-10(8)12(11)13;1-8-6-7-10-4-3-5-11-12(10)13(8)9(2)14-11;/h4*3-7,9H,1-2H3;1H4/q4*+1;. The summed E-state index contributed by atoms with van der Waals surface area (Å²) in [6.07, 6.45) is 6.72. The highest BCUT2D eigenvalue weighted by Gasteiger charge is 2.33. The summed E-state index contributed by atoms with van der Waals surface area (Å²) in [5.74, 6) is 4.03. The Balaban J connectivity index is 0.000000106. The Labute approximate surface area is 334 Å². The Kier molecular flexibility index (Phi) is 9.68. The molecule has 12 rings (SSSR count). The van der Waals surface area contributed by atoms with E-state index in [0.29, 0.717) is 0 Å². The van der Waals surface area contributed by atoms with E-state index in [9.17, 15) is 0 Å². The fourth-order valence-electron chi connectivity index (χ4n) is 8.49. The van der Waals surface area contributed by atoms with Gasteiger partial charge in [-0.15, -0.1) is 0 Å². The maximum absolute atomic E-state index is 5.82. The van der Waals surface area contributed by atoms with Crippen LogP contribution >= 0.6 is 0 Å². The number of rotatable bonds is 0. The number of ether oxygens (including phenoxy) is 4. The molecule has 0 spiro atoms. The summed E-state index contributed by atoms with van der Waals surface area (Å²) >= 11 is 0. The van der Waals surface area contributed by atoms with Crippen LogP contribution in [0.5, 0.6) is 23.0 Å². The van der Waals surface area contributed by atoms with Gasteiger partial charge >= 0.3 is 0 Å². The summed E-state index contributed by atoms with van der Waals surface area (Å²) in [6, 6.07) is 35.7. The predicted molar refractivity (Wildman–Crippen MR) is 224 cm³/mol. The molecule has 0 radical (unpaired) electrons. The first kappa shape index (κ1) is 37.6. The number of pyridine rings is 4. The van der Waals surface area contributed by atoms with E-state index in [1.54, 1.807) is 0 Å². The molecule has 4 aliphatic heterocycles. The van der Waals surface area contributed by atoms with E-state index >= 15 is 0 Å². The van der Waals surface area contributed by atoms with Crippen LogP contribution in [-0.2, 0) is 0 Å². The van der Waals surface area contributed by atoms with Crippen molar-refractivity contribution >= 4 is 43.6 Å². The van der Waals surface area contributed by atoms with Gasteiger partial charge in [-0.3, -0.25) is 0 Å². The first-order valence-electron chi connectivity index (χ1n) is 19.5. The molecule has 0 amide bonds. The molecule has 4 aliphatic rings. The lowest BCUT2D eigenvalue weighted by atomic mass is 10.1. The van der Waals surface area contributed by atoms with E-state index in [-0.39, 0.29) is 32.3 Å². The second kappa shape index (κ2) is 14.7. The van der Waals surface area contributed by atoms with Gasteiger partial charge < -0.3 is 18.9 Å². The summed E-state index contributed by atoms with van der Waals surface area (Å²) < 4.78 is 31.8. The lowest BCUT2D eigenvalue weighted by Crippen LogP contribution is -2.39. The molecule has 288 valence electrons. The highest BCUT2D eigenvalue weighted by Crippen LogP contribution is 2.35. The highest BCUT2D eigenvalue weighted by atomic mass is 16.5. The van der Waals surface area contributed by atoms with Crippen molar-refractivity contribution in [2.75, 3.05) is 0 Å². The maximum atomic E-state index is 5.82. The molecular weight excluding hydrogens is 709 g/mol. The average Bonchev–Trinajstić information content (AvgIpc) is 3.94. The minimum Gasteiger partial charge on any atom is -0.427 e. The van der Waals surface area contributed by atoms with Crippen molar-refractivity contribution in [3.8, 4) is 23.0 Å². The maximum Gasteiger partial charge on any atom is 0.299 e. The fraction of sp³-hybridized carbons (Fsp3) is 0.265. The van der Waals surface area contributed by atoms with Crippen LogP contribution in [-0.4, -0.2) is 0 Å². The van der Waals surface area contributed by atoms with Crippen molar-refractivity contribution in [1.29, 1.82) is 0 Å². The van der Waals surface area contributed by atoms with Crippen LogP contribution in [0.2, 0.25) is 0 Å². The zero-order valence-corrected chi connectivity index (χ0v) is 33.3.